The molecule has 0 N–H and O–H groups in total. The smallest absolute Gasteiger partial charge is 0.338 e. The molecule has 0 aliphatic carbocycles. The molecule has 2 heteroatoms. The molecule has 0 heterocycles. The first-order chi connectivity index (χ1) is 9.29. The Hall–Kier alpha value is -2.53. The molecule has 0 atom stereocenters. The average molecular weight is 250 g/mol. The van der Waals surface area contributed by atoms with E-state index in [1.54, 1.807) is 19.1 Å². The van der Waals surface area contributed by atoms with E-state index in [9.17, 15) is 4.79 Å². The van der Waals surface area contributed by atoms with E-state index in [0.29, 0.717) is 12.2 Å². The van der Waals surface area contributed by atoms with Crippen molar-refractivity contribution in [2.24, 2.45) is 0 Å². The lowest BCUT2D eigenvalue weighted by Crippen LogP contribution is -2.04. The molecule has 0 spiro atoms. The van der Waals surface area contributed by atoms with Crippen molar-refractivity contribution in [3.05, 3.63) is 71.3 Å². The molecule has 0 unspecified atom stereocenters. The van der Waals surface area contributed by atoms with Crippen LogP contribution >= 0.6 is 0 Å². The third-order valence-corrected chi connectivity index (χ3v) is 2.52. The predicted octanol–water partition coefficient (Wildman–Crippen LogP) is 3.26. The average Bonchev–Trinajstić information content (AvgIpc) is 2.47. The number of esters is 1. The minimum absolute atomic E-state index is 0.301. The molecule has 19 heavy (non-hydrogen) atoms. The normalized spacial score (nSPS) is 9.32. The monoisotopic (exact) mass is 250 g/mol. The molecule has 0 aliphatic rings. The van der Waals surface area contributed by atoms with E-state index >= 15 is 0 Å². The van der Waals surface area contributed by atoms with Gasteiger partial charge in [-0.3, -0.25) is 0 Å². The van der Waals surface area contributed by atoms with Gasteiger partial charge in [-0.2, -0.15) is 0 Å². The van der Waals surface area contributed by atoms with Crippen molar-refractivity contribution in [3.63, 3.8) is 0 Å². The molecule has 2 aromatic carbocycles. The maximum absolute atomic E-state index is 11.5. The first kappa shape index (κ1) is 12.9. The Kier molecular flexibility index (Phi) is 4.36. The Morgan fingerprint density at radius 1 is 0.947 bits per heavy atom. The lowest BCUT2D eigenvalue weighted by atomic mass is 10.1. The van der Waals surface area contributed by atoms with Crippen LogP contribution < -0.4 is 0 Å². The second-order valence-corrected chi connectivity index (χ2v) is 3.91. The first-order valence-corrected chi connectivity index (χ1v) is 6.14. The number of carbonyl (C=O) groups is 1. The van der Waals surface area contributed by atoms with Crippen LogP contribution in [0.3, 0.4) is 0 Å². The van der Waals surface area contributed by atoms with Crippen LogP contribution in [-0.2, 0) is 4.74 Å². The molecule has 2 nitrogen and oxygen atoms in total. The lowest BCUT2D eigenvalue weighted by molar-refractivity contribution is 0.0526. The van der Waals surface area contributed by atoms with Crippen LogP contribution in [0, 0.1) is 11.8 Å². The maximum Gasteiger partial charge on any atom is 0.338 e. The van der Waals surface area contributed by atoms with Crippen molar-refractivity contribution in [1.29, 1.82) is 0 Å². The standard InChI is InChI=1S/C17H14O2/c1-2-19-17(18)16-12-10-15(11-13-16)9-8-14-6-4-3-5-7-14/h3-7,10-13H,2H2,1H3. The summed E-state index contributed by atoms with van der Waals surface area (Å²) in [5.74, 6) is 5.82. The number of carbonyl (C=O) groups excluding carboxylic acids is 1. The Morgan fingerprint density at radius 3 is 2.11 bits per heavy atom. The van der Waals surface area contributed by atoms with Crippen molar-refractivity contribution in [3.8, 4) is 11.8 Å². The zero-order valence-electron chi connectivity index (χ0n) is 10.7. The van der Waals surface area contributed by atoms with Crippen LogP contribution in [-0.4, -0.2) is 12.6 Å². The van der Waals surface area contributed by atoms with Crippen LogP contribution in [0.5, 0.6) is 0 Å². The highest BCUT2D eigenvalue weighted by atomic mass is 16.5. The topological polar surface area (TPSA) is 26.3 Å². The van der Waals surface area contributed by atoms with Crippen molar-refractivity contribution in [2.75, 3.05) is 6.61 Å². The summed E-state index contributed by atoms with van der Waals surface area (Å²) < 4.78 is 4.92. The molecular formula is C17H14O2. The van der Waals surface area contributed by atoms with E-state index in [-0.39, 0.29) is 5.97 Å². The number of hydrogen-bond acceptors (Lipinski definition) is 2. The van der Waals surface area contributed by atoms with Gasteiger partial charge in [0.25, 0.3) is 0 Å². The zero-order chi connectivity index (χ0) is 13.5. The molecule has 0 aromatic heterocycles. The van der Waals surface area contributed by atoms with Gasteiger partial charge < -0.3 is 4.74 Å². The number of ether oxygens (including phenoxy) is 1. The summed E-state index contributed by atoms with van der Waals surface area (Å²) in [4.78, 5) is 11.5. The number of benzene rings is 2. The Labute approximate surface area is 113 Å². The molecule has 2 aromatic rings. The highest BCUT2D eigenvalue weighted by Gasteiger charge is 2.04. The second kappa shape index (κ2) is 6.42. The van der Waals surface area contributed by atoms with Crippen LogP contribution in [0.1, 0.15) is 28.4 Å². The molecule has 2 rings (SSSR count). The van der Waals surface area contributed by atoms with Gasteiger partial charge in [0.15, 0.2) is 0 Å². The Bertz CT molecular complexity index is 601. The molecule has 0 bridgehead atoms. The summed E-state index contributed by atoms with van der Waals surface area (Å²) in [5, 5.41) is 0. The van der Waals surface area contributed by atoms with Gasteiger partial charge in [0.2, 0.25) is 0 Å². The van der Waals surface area contributed by atoms with E-state index in [0.717, 1.165) is 11.1 Å². The molecule has 94 valence electrons. The summed E-state index contributed by atoms with van der Waals surface area (Å²) in [6.45, 7) is 2.17. The minimum atomic E-state index is -0.301. The third kappa shape index (κ3) is 3.72. The van der Waals surface area contributed by atoms with E-state index < -0.39 is 0 Å². The molecular weight excluding hydrogens is 236 g/mol. The van der Waals surface area contributed by atoms with Gasteiger partial charge in [-0.25, -0.2) is 4.79 Å². The lowest BCUT2D eigenvalue weighted by Gasteiger charge is -2.00. The highest BCUT2D eigenvalue weighted by Crippen LogP contribution is 2.05. The van der Waals surface area contributed by atoms with Crippen molar-refractivity contribution < 1.29 is 9.53 Å². The summed E-state index contributed by atoms with van der Waals surface area (Å²) in [5.41, 5.74) is 2.39. The van der Waals surface area contributed by atoms with Crippen molar-refractivity contribution in [2.45, 2.75) is 6.92 Å². The van der Waals surface area contributed by atoms with Gasteiger partial charge in [0, 0.05) is 11.1 Å². The number of hydrogen-bond donors (Lipinski definition) is 0. The van der Waals surface area contributed by atoms with Gasteiger partial charge >= 0.3 is 5.97 Å². The van der Waals surface area contributed by atoms with Gasteiger partial charge in [-0.15, -0.1) is 0 Å². The van der Waals surface area contributed by atoms with E-state index in [4.69, 9.17) is 4.74 Å². The fourth-order valence-electron chi connectivity index (χ4n) is 1.57. The predicted molar refractivity (Wildman–Crippen MR) is 74.8 cm³/mol. The summed E-state index contributed by atoms with van der Waals surface area (Å²) >= 11 is 0. The fraction of sp³-hybridized carbons (Fsp3) is 0.118. The van der Waals surface area contributed by atoms with Gasteiger partial charge in [-0.05, 0) is 43.3 Å². The van der Waals surface area contributed by atoms with E-state index in [1.165, 1.54) is 0 Å². The Balaban J connectivity index is 2.12. The summed E-state index contributed by atoms with van der Waals surface area (Å²) in [6.07, 6.45) is 0. The summed E-state index contributed by atoms with van der Waals surface area (Å²) in [6, 6.07) is 16.9. The van der Waals surface area contributed by atoms with E-state index in [1.807, 2.05) is 42.5 Å². The van der Waals surface area contributed by atoms with Crippen LogP contribution in [0.25, 0.3) is 0 Å². The van der Waals surface area contributed by atoms with Gasteiger partial charge in [0.1, 0.15) is 0 Å². The zero-order valence-corrected chi connectivity index (χ0v) is 10.7. The second-order valence-electron chi connectivity index (χ2n) is 3.91. The van der Waals surface area contributed by atoms with Gasteiger partial charge in [-0.1, -0.05) is 30.0 Å². The maximum atomic E-state index is 11.5. The number of rotatable bonds is 2. The SMILES string of the molecule is CCOC(=O)c1ccc(C#Cc2ccccc2)cc1. The van der Waals surface area contributed by atoms with Crippen LogP contribution in [0.15, 0.2) is 54.6 Å². The molecule has 0 amide bonds. The third-order valence-electron chi connectivity index (χ3n) is 2.52. The molecule has 0 aliphatic heterocycles. The fourth-order valence-corrected chi connectivity index (χ4v) is 1.57. The summed E-state index contributed by atoms with van der Waals surface area (Å²) in [7, 11) is 0. The minimum Gasteiger partial charge on any atom is -0.462 e. The highest BCUT2D eigenvalue weighted by molar-refractivity contribution is 5.89. The molecule has 0 saturated heterocycles. The molecule has 0 saturated carbocycles. The van der Waals surface area contributed by atoms with Crippen molar-refractivity contribution in [1.82, 2.24) is 0 Å². The Morgan fingerprint density at radius 2 is 1.53 bits per heavy atom. The quantitative estimate of drug-likeness (QED) is 0.604. The largest absolute Gasteiger partial charge is 0.462 e. The molecule has 0 radical (unpaired) electrons. The van der Waals surface area contributed by atoms with Gasteiger partial charge in [0.05, 0.1) is 12.2 Å². The van der Waals surface area contributed by atoms with Crippen LogP contribution in [0.4, 0.5) is 0 Å². The van der Waals surface area contributed by atoms with Crippen molar-refractivity contribution >= 4 is 5.97 Å². The van der Waals surface area contributed by atoms with Crippen LogP contribution in [0.2, 0.25) is 0 Å². The molecule has 0 fully saturated rings. The first-order valence-electron chi connectivity index (χ1n) is 6.14. The van der Waals surface area contributed by atoms with E-state index in [2.05, 4.69) is 11.8 Å².